The summed E-state index contributed by atoms with van der Waals surface area (Å²) in [6, 6.07) is 10.1. The van der Waals surface area contributed by atoms with Crippen LogP contribution in [0.15, 0.2) is 42.5 Å². The zero-order valence-electron chi connectivity index (χ0n) is 21.6. The van der Waals surface area contributed by atoms with E-state index in [0.717, 1.165) is 35.1 Å². The first-order valence-corrected chi connectivity index (χ1v) is 12.5. The monoisotopic (exact) mass is 552 g/mol. The van der Waals surface area contributed by atoms with Crippen LogP contribution in [-0.4, -0.2) is 77.5 Å². The predicted molar refractivity (Wildman–Crippen MR) is 142 cm³/mol. The minimum absolute atomic E-state index is 0. The van der Waals surface area contributed by atoms with Crippen molar-refractivity contribution in [2.75, 3.05) is 32.7 Å². The summed E-state index contributed by atoms with van der Waals surface area (Å²) in [5.41, 5.74) is 2.49. The summed E-state index contributed by atoms with van der Waals surface area (Å²) in [5, 5.41) is 16.7. The van der Waals surface area contributed by atoms with Crippen molar-refractivity contribution in [1.82, 2.24) is 20.4 Å². The van der Waals surface area contributed by atoms with E-state index in [2.05, 4.69) is 23.6 Å². The second kappa shape index (κ2) is 14.8. The number of nitrogens with one attached hydrogen (secondary N) is 2. The summed E-state index contributed by atoms with van der Waals surface area (Å²) in [6.07, 6.45) is -0.236. The van der Waals surface area contributed by atoms with Crippen molar-refractivity contribution in [2.24, 2.45) is 0 Å². The summed E-state index contributed by atoms with van der Waals surface area (Å²) >= 11 is 0. The van der Waals surface area contributed by atoms with E-state index in [1.54, 1.807) is 6.92 Å². The Hall–Kier alpha value is -3.08. The Labute approximate surface area is 227 Å². The van der Waals surface area contributed by atoms with Gasteiger partial charge >= 0.3 is 11.8 Å². The van der Waals surface area contributed by atoms with E-state index in [-0.39, 0.29) is 44.0 Å². The standard InChI is InChI=1S/C27H34F2N4O4.ClH/c1-3-18-6-5-7-19(10-18)15-30-16-24(34)23(13-20-11-21(28)14-22(29)12-20)31-25(35)17-33-9-8-32(4-2)26(36)27(33)37;/h5-7,10-12,14,23-24,30,34H,3-4,8-9,13,15-17H2,1-2H3,(H,31,35);1H/t23-,24+;/m0./s1. The maximum absolute atomic E-state index is 13.8. The topological polar surface area (TPSA) is 102 Å². The number of aliphatic hydroxyl groups excluding tert-OH is 1. The number of halogens is 3. The van der Waals surface area contributed by atoms with Gasteiger partial charge in [0.1, 0.15) is 18.2 Å². The van der Waals surface area contributed by atoms with E-state index in [1.807, 2.05) is 18.2 Å². The van der Waals surface area contributed by atoms with E-state index >= 15 is 0 Å². The lowest BCUT2D eigenvalue weighted by Crippen LogP contribution is -2.57. The minimum Gasteiger partial charge on any atom is -0.390 e. The molecule has 1 saturated heterocycles. The summed E-state index contributed by atoms with van der Waals surface area (Å²) in [4.78, 5) is 39.9. The van der Waals surface area contributed by atoms with Crippen molar-refractivity contribution in [2.45, 2.75) is 45.4 Å². The molecule has 2 atom stereocenters. The van der Waals surface area contributed by atoms with Crippen LogP contribution in [0.25, 0.3) is 0 Å². The number of piperazine rings is 1. The van der Waals surface area contributed by atoms with Crippen LogP contribution in [0.1, 0.15) is 30.5 Å². The quantitative estimate of drug-likeness (QED) is 0.349. The second-order valence-electron chi connectivity index (χ2n) is 9.14. The van der Waals surface area contributed by atoms with Crippen molar-refractivity contribution in [3.8, 4) is 0 Å². The molecule has 3 amide bonds. The van der Waals surface area contributed by atoms with Gasteiger partial charge in [-0.05, 0) is 48.6 Å². The average molecular weight is 553 g/mol. The molecule has 1 aliphatic rings. The lowest BCUT2D eigenvalue weighted by atomic mass is 10.0. The molecule has 0 bridgehead atoms. The predicted octanol–water partition coefficient (Wildman–Crippen LogP) is 1.82. The molecule has 208 valence electrons. The molecule has 0 saturated carbocycles. The molecule has 1 heterocycles. The molecular weight excluding hydrogens is 518 g/mol. The molecule has 2 aromatic carbocycles. The number of nitrogens with zero attached hydrogens (tertiary/aromatic N) is 2. The second-order valence-corrected chi connectivity index (χ2v) is 9.14. The maximum Gasteiger partial charge on any atom is 0.312 e. The smallest absolute Gasteiger partial charge is 0.312 e. The van der Waals surface area contributed by atoms with Gasteiger partial charge in [-0.15, -0.1) is 12.4 Å². The Balaban J connectivity index is 0.00000507. The molecule has 3 N–H and O–H groups in total. The number of amides is 3. The highest BCUT2D eigenvalue weighted by Gasteiger charge is 2.33. The van der Waals surface area contributed by atoms with E-state index in [4.69, 9.17) is 0 Å². The van der Waals surface area contributed by atoms with Crippen molar-refractivity contribution < 1.29 is 28.3 Å². The molecule has 1 aliphatic heterocycles. The fourth-order valence-electron chi connectivity index (χ4n) is 4.33. The molecular formula is C27H35ClF2N4O4. The lowest BCUT2D eigenvalue weighted by Gasteiger charge is -2.33. The third-order valence-electron chi connectivity index (χ3n) is 6.38. The molecule has 0 radical (unpaired) electrons. The van der Waals surface area contributed by atoms with E-state index in [0.29, 0.717) is 19.6 Å². The van der Waals surface area contributed by atoms with Crippen molar-refractivity contribution in [3.05, 3.63) is 70.8 Å². The van der Waals surface area contributed by atoms with Crippen LogP contribution < -0.4 is 10.6 Å². The minimum atomic E-state index is -1.10. The third-order valence-corrected chi connectivity index (χ3v) is 6.38. The average Bonchev–Trinajstić information content (AvgIpc) is 2.86. The SMILES string of the molecule is CCc1cccc(CNC[C@@H](O)[C@H](Cc2cc(F)cc(F)c2)NC(=O)CN2CCN(CC)C(=O)C2=O)c1.Cl. The highest BCUT2D eigenvalue weighted by atomic mass is 35.5. The van der Waals surface area contributed by atoms with Gasteiger partial charge in [-0.2, -0.15) is 0 Å². The number of hydrogen-bond acceptors (Lipinski definition) is 5. The number of rotatable bonds is 12. The molecule has 0 unspecified atom stereocenters. The molecule has 1 fully saturated rings. The molecule has 0 aromatic heterocycles. The molecule has 3 rings (SSSR count). The molecule has 8 nitrogen and oxygen atoms in total. The van der Waals surface area contributed by atoms with Crippen LogP contribution in [-0.2, 0) is 33.8 Å². The number of benzene rings is 2. The number of hydrogen-bond donors (Lipinski definition) is 3. The Morgan fingerprint density at radius 2 is 1.61 bits per heavy atom. The molecule has 2 aromatic rings. The Bertz CT molecular complexity index is 1100. The zero-order valence-corrected chi connectivity index (χ0v) is 22.4. The summed E-state index contributed by atoms with van der Waals surface area (Å²) < 4.78 is 27.5. The fraction of sp³-hybridized carbons (Fsp3) is 0.444. The molecule has 0 spiro atoms. The number of carbonyl (C=O) groups is 3. The Morgan fingerprint density at radius 1 is 0.974 bits per heavy atom. The first-order valence-electron chi connectivity index (χ1n) is 12.5. The molecule has 11 heteroatoms. The third kappa shape index (κ3) is 8.75. The van der Waals surface area contributed by atoms with Gasteiger partial charge in [0.05, 0.1) is 12.1 Å². The molecule has 38 heavy (non-hydrogen) atoms. The maximum atomic E-state index is 13.8. The summed E-state index contributed by atoms with van der Waals surface area (Å²) in [7, 11) is 0. The van der Waals surface area contributed by atoms with Crippen molar-refractivity contribution in [1.29, 1.82) is 0 Å². The number of carbonyl (C=O) groups excluding carboxylic acids is 3. The van der Waals surface area contributed by atoms with Gasteiger partial charge < -0.3 is 25.5 Å². The van der Waals surface area contributed by atoms with Gasteiger partial charge in [0.2, 0.25) is 5.91 Å². The zero-order chi connectivity index (χ0) is 26.9. The van der Waals surface area contributed by atoms with Gasteiger partial charge in [-0.1, -0.05) is 31.2 Å². The normalized spacial score (nSPS) is 15.2. The van der Waals surface area contributed by atoms with E-state index in [1.165, 1.54) is 10.5 Å². The number of aliphatic hydroxyl groups is 1. The largest absolute Gasteiger partial charge is 0.390 e. The highest BCUT2D eigenvalue weighted by Crippen LogP contribution is 2.13. The number of likely N-dealkylation sites (N-methyl/N-ethyl adjacent to an activating group) is 1. The van der Waals surface area contributed by atoms with Crippen LogP contribution in [0.4, 0.5) is 8.78 Å². The molecule has 0 aliphatic carbocycles. The van der Waals surface area contributed by atoms with Crippen LogP contribution in [0, 0.1) is 11.6 Å². The van der Waals surface area contributed by atoms with Gasteiger partial charge in [0, 0.05) is 38.8 Å². The van der Waals surface area contributed by atoms with Crippen LogP contribution in [0.5, 0.6) is 0 Å². The van der Waals surface area contributed by atoms with Gasteiger partial charge in [-0.25, -0.2) is 8.78 Å². The summed E-state index contributed by atoms with van der Waals surface area (Å²) in [5.74, 6) is -3.53. The van der Waals surface area contributed by atoms with Gasteiger partial charge in [-0.3, -0.25) is 14.4 Å². The Morgan fingerprint density at radius 3 is 2.26 bits per heavy atom. The van der Waals surface area contributed by atoms with Crippen LogP contribution >= 0.6 is 12.4 Å². The summed E-state index contributed by atoms with van der Waals surface area (Å²) in [6.45, 7) is 5.00. The van der Waals surface area contributed by atoms with E-state index in [9.17, 15) is 28.3 Å². The fourth-order valence-corrected chi connectivity index (χ4v) is 4.33. The van der Waals surface area contributed by atoms with Crippen LogP contribution in [0.2, 0.25) is 0 Å². The van der Waals surface area contributed by atoms with Crippen molar-refractivity contribution >= 4 is 30.1 Å². The van der Waals surface area contributed by atoms with Crippen molar-refractivity contribution in [3.63, 3.8) is 0 Å². The Kier molecular flexibility index (Phi) is 12.1. The highest BCUT2D eigenvalue weighted by molar-refractivity contribution is 6.35. The van der Waals surface area contributed by atoms with Gasteiger partial charge in [0.15, 0.2) is 0 Å². The number of aryl methyl sites for hydroxylation is 1. The first kappa shape index (κ1) is 31.1. The van der Waals surface area contributed by atoms with Gasteiger partial charge in [0.25, 0.3) is 0 Å². The lowest BCUT2D eigenvalue weighted by molar-refractivity contribution is -0.156. The van der Waals surface area contributed by atoms with Crippen LogP contribution in [0.3, 0.4) is 0 Å². The van der Waals surface area contributed by atoms with E-state index < -0.39 is 41.5 Å². The first-order chi connectivity index (χ1) is 17.7.